The highest BCUT2D eigenvalue weighted by atomic mass is 32.2. The highest BCUT2D eigenvalue weighted by Crippen LogP contribution is 2.29. The number of piperazine rings is 1. The molecule has 0 bridgehead atoms. The summed E-state index contributed by atoms with van der Waals surface area (Å²) in [6.07, 6.45) is 0. The summed E-state index contributed by atoms with van der Waals surface area (Å²) in [5.41, 5.74) is 2.95. The smallest absolute Gasteiger partial charge is 0.243 e. The van der Waals surface area contributed by atoms with Crippen molar-refractivity contribution in [1.29, 1.82) is 0 Å². The summed E-state index contributed by atoms with van der Waals surface area (Å²) in [6, 6.07) is 20.8. The molecular formula is C27H28FN5O2S. The Labute approximate surface area is 210 Å². The first-order valence-electron chi connectivity index (χ1n) is 11.9. The quantitative estimate of drug-likeness (QED) is 0.402. The van der Waals surface area contributed by atoms with Crippen LogP contribution in [0.3, 0.4) is 0 Å². The van der Waals surface area contributed by atoms with Crippen molar-refractivity contribution in [2.24, 2.45) is 0 Å². The van der Waals surface area contributed by atoms with E-state index in [2.05, 4.69) is 23.2 Å². The average Bonchev–Trinajstić information content (AvgIpc) is 2.90. The molecule has 7 nitrogen and oxygen atoms in total. The van der Waals surface area contributed by atoms with Crippen molar-refractivity contribution in [1.82, 2.24) is 19.2 Å². The lowest BCUT2D eigenvalue weighted by Gasteiger charge is -2.36. The van der Waals surface area contributed by atoms with Crippen LogP contribution in [0.2, 0.25) is 0 Å². The fourth-order valence-electron chi connectivity index (χ4n) is 4.47. The first kappa shape index (κ1) is 24.3. The Hall–Kier alpha value is -3.40. The van der Waals surface area contributed by atoms with Crippen molar-refractivity contribution in [3.8, 4) is 0 Å². The lowest BCUT2D eigenvalue weighted by molar-refractivity contribution is 0.141. The summed E-state index contributed by atoms with van der Waals surface area (Å²) in [5, 5.41) is 4.42. The van der Waals surface area contributed by atoms with E-state index >= 15 is 0 Å². The lowest BCUT2D eigenvalue weighted by Crippen LogP contribution is -2.49. The number of aromatic nitrogens is 2. The zero-order valence-corrected chi connectivity index (χ0v) is 21.0. The number of para-hydroxylation sites is 2. The second-order valence-electron chi connectivity index (χ2n) is 8.96. The molecule has 1 unspecified atom stereocenters. The number of halogens is 1. The average molecular weight is 506 g/mol. The Kier molecular flexibility index (Phi) is 6.70. The van der Waals surface area contributed by atoms with E-state index in [0.29, 0.717) is 32.0 Å². The molecule has 1 atom stereocenters. The van der Waals surface area contributed by atoms with Crippen LogP contribution in [0, 0.1) is 12.7 Å². The van der Waals surface area contributed by atoms with Crippen molar-refractivity contribution in [3.05, 3.63) is 90.0 Å². The number of hydrogen-bond acceptors (Lipinski definition) is 6. The number of rotatable bonds is 6. The molecule has 0 amide bonds. The number of anilines is 2. The van der Waals surface area contributed by atoms with Gasteiger partial charge in [0.05, 0.1) is 16.5 Å². The van der Waals surface area contributed by atoms with Gasteiger partial charge in [0.25, 0.3) is 0 Å². The number of sulfonamides is 1. The summed E-state index contributed by atoms with van der Waals surface area (Å²) in [4.78, 5) is 12.0. The van der Waals surface area contributed by atoms with Gasteiger partial charge in [-0.2, -0.15) is 4.31 Å². The maximum atomic E-state index is 13.3. The molecule has 186 valence electrons. The van der Waals surface area contributed by atoms with E-state index in [4.69, 9.17) is 9.97 Å². The molecule has 1 N–H and O–H groups in total. The predicted octanol–water partition coefficient (Wildman–Crippen LogP) is 4.89. The SMILES string of the molecule is Cc1ccccc1Nc1nc(C(C)N2CCN(S(=O)(=O)c3ccc(F)cc3)CC2)nc2ccccc12. The van der Waals surface area contributed by atoms with Gasteiger partial charge in [0.1, 0.15) is 17.5 Å². The normalized spacial score (nSPS) is 16.2. The molecule has 0 saturated carbocycles. The van der Waals surface area contributed by atoms with Gasteiger partial charge in [-0.1, -0.05) is 30.3 Å². The zero-order chi connectivity index (χ0) is 25.3. The molecular weight excluding hydrogens is 477 g/mol. The molecule has 1 fully saturated rings. The molecule has 4 aromatic rings. The molecule has 0 radical (unpaired) electrons. The Balaban J connectivity index is 1.37. The van der Waals surface area contributed by atoms with Gasteiger partial charge < -0.3 is 5.32 Å². The molecule has 0 spiro atoms. The van der Waals surface area contributed by atoms with Gasteiger partial charge in [-0.05, 0) is 61.9 Å². The molecule has 2 heterocycles. The van der Waals surface area contributed by atoms with Crippen LogP contribution in [0.4, 0.5) is 15.9 Å². The molecule has 3 aromatic carbocycles. The first-order valence-corrected chi connectivity index (χ1v) is 13.4. The van der Waals surface area contributed by atoms with E-state index in [0.717, 1.165) is 28.0 Å². The van der Waals surface area contributed by atoms with E-state index in [9.17, 15) is 12.8 Å². The van der Waals surface area contributed by atoms with Crippen molar-refractivity contribution in [3.63, 3.8) is 0 Å². The van der Waals surface area contributed by atoms with Crippen molar-refractivity contribution in [2.45, 2.75) is 24.8 Å². The molecule has 9 heteroatoms. The summed E-state index contributed by atoms with van der Waals surface area (Å²) < 4.78 is 40.7. The maximum absolute atomic E-state index is 13.3. The van der Waals surface area contributed by atoms with Crippen LogP contribution in [-0.4, -0.2) is 53.8 Å². The highest BCUT2D eigenvalue weighted by molar-refractivity contribution is 7.89. The van der Waals surface area contributed by atoms with Gasteiger partial charge in [-0.25, -0.2) is 22.8 Å². The Bertz CT molecular complexity index is 1490. The fraction of sp³-hybridized carbons (Fsp3) is 0.259. The standard InChI is InChI=1S/C27H28FN5O2S/c1-19-7-3-5-9-24(19)29-27-23-8-4-6-10-25(23)30-26(31-27)20(2)32-15-17-33(18-16-32)36(34,35)22-13-11-21(28)12-14-22/h3-14,20H,15-18H2,1-2H3,(H,29,30,31). The topological polar surface area (TPSA) is 78.4 Å². The molecule has 1 aliphatic heterocycles. The van der Waals surface area contributed by atoms with Gasteiger partial charge in [0.15, 0.2) is 0 Å². The van der Waals surface area contributed by atoms with Gasteiger partial charge in [0.2, 0.25) is 10.0 Å². The van der Waals surface area contributed by atoms with Crippen molar-refractivity contribution >= 4 is 32.4 Å². The van der Waals surface area contributed by atoms with E-state index in [1.807, 2.05) is 49.4 Å². The molecule has 1 saturated heterocycles. The van der Waals surface area contributed by atoms with Crippen LogP contribution >= 0.6 is 0 Å². The Morgan fingerprint density at radius 3 is 2.28 bits per heavy atom. The van der Waals surface area contributed by atoms with E-state index in [-0.39, 0.29) is 10.9 Å². The van der Waals surface area contributed by atoms with Crippen LogP contribution in [0.1, 0.15) is 24.4 Å². The van der Waals surface area contributed by atoms with Gasteiger partial charge in [-0.3, -0.25) is 4.90 Å². The number of nitrogens with zero attached hydrogens (tertiary/aromatic N) is 4. The number of nitrogens with one attached hydrogen (secondary N) is 1. The lowest BCUT2D eigenvalue weighted by atomic mass is 10.1. The maximum Gasteiger partial charge on any atom is 0.243 e. The van der Waals surface area contributed by atoms with Crippen molar-refractivity contribution in [2.75, 3.05) is 31.5 Å². The minimum atomic E-state index is -3.67. The van der Waals surface area contributed by atoms with Gasteiger partial charge >= 0.3 is 0 Å². The third-order valence-electron chi connectivity index (χ3n) is 6.66. The summed E-state index contributed by atoms with van der Waals surface area (Å²) in [5.74, 6) is 0.966. The Morgan fingerprint density at radius 2 is 1.56 bits per heavy atom. The zero-order valence-electron chi connectivity index (χ0n) is 20.2. The number of benzene rings is 3. The Morgan fingerprint density at radius 1 is 0.889 bits per heavy atom. The second kappa shape index (κ2) is 9.93. The third kappa shape index (κ3) is 4.82. The predicted molar refractivity (Wildman–Crippen MR) is 139 cm³/mol. The van der Waals surface area contributed by atoms with E-state index < -0.39 is 15.8 Å². The fourth-order valence-corrected chi connectivity index (χ4v) is 5.89. The first-order chi connectivity index (χ1) is 17.3. The van der Waals surface area contributed by atoms with Crippen LogP contribution in [0.15, 0.2) is 77.7 Å². The number of fused-ring (bicyclic) bond motifs is 1. The summed E-state index contributed by atoms with van der Waals surface area (Å²) in [6.45, 7) is 5.86. The molecule has 1 aliphatic rings. The largest absolute Gasteiger partial charge is 0.339 e. The number of hydrogen-bond donors (Lipinski definition) is 1. The minimum absolute atomic E-state index is 0.107. The van der Waals surface area contributed by atoms with Crippen LogP contribution in [0.5, 0.6) is 0 Å². The van der Waals surface area contributed by atoms with Crippen LogP contribution in [-0.2, 0) is 10.0 Å². The molecule has 5 rings (SSSR count). The van der Waals surface area contributed by atoms with Crippen LogP contribution in [0.25, 0.3) is 10.9 Å². The van der Waals surface area contributed by atoms with Crippen LogP contribution < -0.4 is 5.32 Å². The molecule has 1 aromatic heterocycles. The summed E-state index contributed by atoms with van der Waals surface area (Å²) in [7, 11) is -3.67. The van der Waals surface area contributed by atoms with Gasteiger partial charge in [0, 0.05) is 37.3 Å². The second-order valence-corrected chi connectivity index (χ2v) is 10.9. The highest BCUT2D eigenvalue weighted by Gasteiger charge is 2.31. The number of aryl methyl sites for hydroxylation is 1. The minimum Gasteiger partial charge on any atom is -0.339 e. The summed E-state index contributed by atoms with van der Waals surface area (Å²) >= 11 is 0. The molecule has 36 heavy (non-hydrogen) atoms. The van der Waals surface area contributed by atoms with E-state index in [1.54, 1.807) is 0 Å². The third-order valence-corrected chi connectivity index (χ3v) is 8.58. The van der Waals surface area contributed by atoms with Gasteiger partial charge in [-0.15, -0.1) is 0 Å². The van der Waals surface area contributed by atoms with E-state index in [1.165, 1.54) is 28.6 Å². The van der Waals surface area contributed by atoms with Crippen molar-refractivity contribution < 1.29 is 12.8 Å². The molecule has 0 aliphatic carbocycles. The monoisotopic (exact) mass is 505 g/mol.